The zero-order valence-electron chi connectivity index (χ0n) is 15.9. The summed E-state index contributed by atoms with van der Waals surface area (Å²) >= 11 is 0. The molecule has 1 aromatic rings. The van der Waals surface area contributed by atoms with Crippen LogP contribution in [0.3, 0.4) is 0 Å². The molecule has 0 aromatic heterocycles. The van der Waals surface area contributed by atoms with Crippen LogP contribution in [-0.2, 0) is 25.4 Å². The van der Waals surface area contributed by atoms with E-state index < -0.39 is 24.0 Å². The van der Waals surface area contributed by atoms with E-state index in [0.29, 0.717) is 18.8 Å². The van der Waals surface area contributed by atoms with Crippen LogP contribution in [0.2, 0.25) is 0 Å². The molecular formula is C19H25BN2O5. The Morgan fingerprint density at radius 2 is 1.96 bits per heavy atom. The van der Waals surface area contributed by atoms with Crippen molar-refractivity contribution in [2.45, 2.75) is 32.4 Å². The smallest absolute Gasteiger partial charge is 0.375 e. The minimum atomic E-state index is -0.820. The summed E-state index contributed by atoms with van der Waals surface area (Å²) in [6, 6.07) is 5.66. The molecule has 0 saturated carbocycles. The van der Waals surface area contributed by atoms with Crippen molar-refractivity contribution >= 4 is 26.3 Å². The summed E-state index contributed by atoms with van der Waals surface area (Å²) in [4.78, 5) is 28.5. The highest BCUT2D eigenvalue weighted by molar-refractivity contribution is 6.02. The fourth-order valence-electron chi connectivity index (χ4n) is 2.30. The average molecular weight is 372 g/mol. The van der Waals surface area contributed by atoms with Gasteiger partial charge in [0.1, 0.15) is 24.4 Å². The van der Waals surface area contributed by atoms with Gasteiger partial charge in [0.05, 0.1) is 7.11 Å². The largest absolute Gasteiger partial charge is 0.560 e. The molecule has 1 amide bonds. The van der Waals surface area contributed by atoms with Crippen LogP contribution < -0.4 is 10.1 Å². The van der Waals surface area contributed by atoms with Crippen LogP contribution in [0.15, 0.2) is 41.9 Å². The maximum Gasteiger partial charge on any atom is 0.375 e. The van der Waals surface area contributed by atoms with Gasteiger partial charge in [0.15, 0.2) is 6.40 Å². The number of benzene rings is 1. The van der Waals surface area contributed by atoms with E-state index in [1.54, 1.807) is 18.2 Å². The topological polar surface area (TPSA) is 86.2 Å². The van der Waals surface area contributed by atoms with Gasteiger partial charge in [0, 0.05) is 6.42 Å². The molecule has 0 heterocycles. The number of nitrogens with one attached hydrogen (secondary N) is 1. The van der Waals surface area contributed by atoms with E-state index in [4.69, 9.17) is 17.5 Å². The molecule has 8 heteroatoms. The first-order valence-electron chi connectivity index (χ1n) is 8.50. The van der Waals surface area contributed by atoms with Gasteiger partial charge in [0.25, 0.3) is 0 Å². The molecule has 2 atom stereocenters. The normalized spacial score (nSPS) is 13.0. The van der Waals surface area contributed by atoms with Crippen LogP contribution in [-0.4, -0.2) is 52.1 Å². The fourth-order valence-corrected chi connectivity index (χ4v) is 2.30. The Morgan fingerprint density at radius 1 is 1.30 bits per heavy atom. The summed E-state index contributed by atoms with van der Waals surface area (Å²) in [5.41, 5.74) is 0.856. The maximum atomic E-state index is 12.6. The maximum absolute atomic E-state index is 12.6. The van der Waals surface area contributed by atoms with Crippen LogP contribution in [0.1, 0.15) is 19.4 Å². The van der Waals surface area contributed by atoms with Crippen molar-refractivity contribution in [1.82, 2.24) is 5.32 Å². The Balaban J connectivity index is 2.87. The second kappa shape index (κ2) is 11.8. The molecule has 0 unspecified atom stereocenters. The highest BCUT2D eigenvalue weighted by Crippen LogP contribution is 2.15. The van der Waals surface area contributed by atoms with Gasteiger partial charge in [-0.15, -0.1) is 0 Å². The number of esters is 1. The number of methoxy groups -OCH3 is 1. The molecule has 0 saturated heterocycles. The van der Waals surface area contributed by atoms with E-state index in [1.807, 2.05) is 26.0 Å². The summed E-state index contributed by atoms with van der Waals surface area (Å²) in [7, 11) is 6.25. The number of hydrogen-bond acceptors (Lipinski definition) is 6. The van der Waals surface area contributed by atoms with E-state index in [-0.39, 0.29) is 5.92 Å². The van der Waals surface area contributed by atoms with E-state index >= 15 is 0 Å². The molecule has 0 aliphatic carbocycles. The molecule has 27 heavy (non-hydrogen) atoms. The molecule has 1 aromatic carbocycles. The highest BCUT2D eigenvalue weighted by Gasteiger charge is 2.28. The van der Waals surface area contributed by atoms with Crippen LogP contribution in [0, 0.1) is 5.92 Å². The molecule has 0 spiro atoms. The summed E-state index contributed by atoms with van der Waals surface area (Å²) in [6.45, 7) is 7.63. The second-order valence-electron chi connectivity index (χ2n) is 6.11. The summed E-state index contributed by atoms with van der Waals surface area (Å²) < 4.78 is 14.5. The molecule has 0 fully saturated rings. The van der Waals surface area contributed by atoms with Crippen molar-refractivity contribution in [2.75, 3.05) is 13.7 Å². The molecule has 144 valence electrons. The van der Waals surface area contributed by atoms with Gasteiger partial charge in [-0.2, -0.15) is 0 Å². The molecule has 1 rings (SSSR count). The van der Waals surface area contributed by atoms with Crippen LogP contribution in [0.5, 0.6) is 5.75 Å². The number of carbonyl (C=O) groups is 2. The van der Waals surface area contributed by atoms with Gasteiger partial charge < -0.3 is 19.4 Å². The third-order valence-electron chi connectivity index (χ3n) is 3.74. The number of hydrogen-bond donors (Lipinski definition) is 1. The third-order valence-corrected chi connectivity index (χ3v) is 3.74. The Kier molecular flexibility index (Phi) is 9.71. The molecular weight excluding hydrogens is 347 g/mol. The zero-order valence-corrected chi connectivity index (χ0v) is 15.9. The average Bonchev–Trinajstić information content (AvgIpc) is 2.67. The Hall–Kier alpha value is -2.77. The minimum Gasteiger partial charge on any atom is -0.560 e. The number of nitrogens with zero attached hydrogens (tertiary/aromatic N) is 1. The summed E-state index contributed by atoms with van der Waals surface area (Å²) in [5, 5.41) is 2.68. The Labute approximate surface area is 161 Å². The van der Waals surface area contributed by atoms with Crippen LogP contribution in [0.4, 0.5) is 0 Å². The molecule has 0 aliphatic rings. The van der Waals surface area contributed by atoms with E-state index in [1.165, 1.54) is 7.11 Å². The van der Waals surface area contributed by atoms with Crippen molar-refractivity contribution in [3.63, 3.8) is 0 Å². The van der Waals surface area contributed by atoms with Gasteiger partial charge in [0.2, 0.25) is 5.91 Å². The van der Waals surface area contributed by atoms with Gasteiger partial charge in [-0.3, -0.25) is 4.79 Å². The van der Waals surface area contributed by atoms with Crippen molar-refractivity contribution in [1.29, 1.82) is 0 Å². The van der Waals surface area contributed by atoms with E-state index in [0.717, 1.165) is 12.0 Å². The monoisotopic (exact) mass is 372 g/mol. The Bertz CT molecular complexity index is 646. The van der Waals surface area contributed by atoms with Gasteiger partial charge >= 0.3 is 14.0 Å². The van der Waals surface area contributed by atoms with Crippen LogP contribution >= 0.6 is 0 Å². The minimum absolute atomic E-state index is 0.141. The van der Waals surface area contributed by atoms with E-state index in [9.17, 15) is 9.59 Å². The van der Waals surface area contributed by atoms with Crippen LogP contribution in [0.25, 0.3) is 0 Å². The van der Waals surface area contributed by atoms with E-state index in [2.05, 4.69) is 21.5 Å². The molecule has 1 N–H and O–H groups in total. The third kappa shape index (κ3) is 7.56. The quantitative estimate of drug-likeness (QED) is 0.210. The van der Waals surface area contributed by atoms with Gasteiger partial charge in [-0.1, -0.05) is 38.6 Å². The molecule has 0 bridgehead atoms. The fraction of sp³-hybridized carbons (Fsp3) is 0.421. The number of aliphatic imine (C=N–C) groups is 1. The lowest BCUT2D eigenvalue weighted by molar-refractivity contribution is -0.146. The number of rotatable bonds is 11. The molecule has 0 aliphatic heterocycles. The number of ether oxygens (including phenoxy) is 2. The lowest BCUT2D eigenvalue weighted by atomic mass is 10.0. The predicted molar refractivity (Wildman–Crippen MR) is 104 cm³/mol. The first-order valence-corrected chi connectivity index (χ1v) is 8.50. The predicted octanol–water partition coefficient (Wildman–Crippen LogP) is 1.60. The SMILES string of the molecule is [B]OC=N[C@@H](Cc1ccc(OCC=C)cc1)C(=O)N[C@H](C(=O)OC)C(C)C. The summed E-state index contributed by atoms with van der Waals surface area (Å²) in [5.74, 6) is -0.392. The molecule has 7 nitrogen and oxygen atoms in total. The summed E-state index contributed by atoms with van der Waals surface area (Å²) in [6.07, 6.45) is 2.94. The second-order valence-corrected chi connectivity index (χ2v) is 6.11. The number of carbonyl (C=O) groups excluding carboxylic acids is 2. The first-order chi connectivity index (χ1) is 12.9. The first kappa shape index (κ1) is 22.3. The lowest BCUT2D eigenvalue weighted by Crippen LogP contribution is -2.48. The highest BCUT2D eigenvalue weighted by atomic mass is 16.5. The lowest BCUT2D eigenvalue weighted by Gasteiger charge is -2.22. The van der Waals surface area contributed by atoms with Crippen molar-refractivity contribution in [3.05, 3.63) is 42.5 Å². The number of amides is 1. The zero-order chi connectivity index (χ0) is 20.2. The van der Waals surface area contributed by atoms with Gasteiger partial charge in [-0.05, 0) is 23.6 Å². The Morgan fingerprint density at radius 3 is 2.48 bits per heavy atom. The van der Waals surface area contributed by atoms with Crippen molar-refractivity contribution < 1.29 is 23.7 Å². The van der Waals surface area contributed by atoms with Gasteiger partial charge in [-0.25, -0.2) is 9.79 Å². The molecule has 2 radical (unpaired) electrons. The van der Waals surface area contributed by atoms with Crippen molar-refractivity contribution in [3.8, 4) is 5.75 Å². The van der Waals surface area contributed by atoms with Crippen molar-refractivity contribution in [2.24, 2.45) is 10.9 Å². The standard InChI is InChI=1S/C19H25BN2O5/c1-5-10-26-15-8-6-14(7-9-15)11-16(21-12-27-20)18(23)22-17(13(2)3)19(24)25-4/h5-9,12-13,16-17H,1,10-11H2,2-4H3,(H,22,23)/t16-,17-/m0/s1.